The van der Waals surface area contributed by atoms with Crippen LogP contribution in [0, 0.1) is 0 Å². The highest BCUT2D eigenvalue weighted by Crippen LogP contribution is 2.25. The molecule has 1 unspecified atom stereocenters. The van der Waals surface area contributed by atoms with Gasteiger partial charge in [-0.1, -0.05) is 51.1 Å². The smallest absolute Gasteiger partial charge is 0.270 e. The van der Waals surface area contributed by atoms with Gasteiger partial charge in [0.1, 0.15) is 5.75 Å². The zero-order chi connectivity index (χ0) is 19.4. The molecule has 3 aromatic rings. The van der Waals surface area contributed by atoms with Crippen molar-refractivity contribution in [2.24, 2.45) is 0 Å². The van der Waals surface area contributed by atoms with Crippen LogP contribution in [0.1, 0.15) is 33.3 Å². The summed E-state index contributed by atoms with van der Waals surface area (Å²) in [7, 11) is 0. The lowest BCUT2D eigenvalue weighted by molar-refractivity contribution is -0.122. The molecule has 140 valence electrons. The number of anilines is 1. The van der Waals surface area contributed by atoms with Crippen molar-refractivity contribution in [2.45, 2.75) is 39.2 Å². The molecule has 0 aliphatic rings. The van der Waals surface area contributed by atoms with Crippen LogP contribution < -0.4 is 10.1 Å². The van der Waals surface area contributed by atoms with E-state index >= 15 is 0 Å². The van der Waals surface area contributed by atoms with E-state index in [0.717, 1.165) is 5.56 Å². The molecule has 1 amide bonds. The number of amides is 1. The molecule has 1 aromatic heterocycles. The fourth-order valence-corrected chi connectivity index (χ4v) is 2.48. The summed E-state index contributed by atoms with van der Waals surface area (Å²) in [4.78, 5) is 16.5. The van der Waals surface area contributed by atoms with E-state index in [0.29, 0.717) is 11.6 Å². The van der Waals surface area contributed by atoms with Crippen LogP contribution in [0.2, 0.25) is 0 Å². The maximum Gasteiger partial charge on any atom is 0.270 e. The van der Waals surface area contributed by atoms with Gasteiger partial charge in [0.15, 0.2) is 6.10 Å². The zero-order valence-corrected chi connectivity index (χ0v) is 15.9. The van der Waals surface area contributed by atoms with E-state index in [-0.39, 0.29) is 17.3 Å². The third-order valence-corrected chi connectivity index (χ3v) is 4.08. The van der Waals surface area contributed by atoms with Crippen molar-refractivity contribution >= 4 is 11.9 Å². The Morgan fingerprint density at radius 1 is 1.07 bits per heavy atom. The van der Waals surface area contributed by atoms with E-state index in [1.165, 1.54) is 5.56 Å². The number of aromatic nitrogens is 2. The first-order valence-corrected chi connectivity index (χ1v) is 8.80. The van der Waals surface area contributed by atoms with Gasteiger partial charge < -0.3 is 9.26 Å². The number of carbonyl (C=O) groups excluding carboxylic acids is 1. The van der Waals surface area contributed by atoms with Gasteiger partial charge in [0.25, 0.3) is 17.7 Å². The Morgan fingerprint density at radius 3 is 2.37 bits per heavy atom. The molecule has 1 N–H and O–H groups in total. The van der Waals surface area contributed by atoms with Crippen LogP contribution in [-0.4, -0.2) is 22.2 Å². The lowest BCUT2D eigenvalue weighted by atomic mass is 9.87. The Hall–Kier alpha value is -3.15. The second kappa shape index (κ2) is 7.61. The molecule has 0 aliphatic carbocycles. The molecule has 0 bridgehead atoms. The van der Waals surface area contributed by atoms with Crippen LogP contribution in [0.4, 0.5) is 5.95 Å². The molecular weight excluding hydrogens is 342 g/mol. The van der Waals surface area contributed by atoms with Crippen molar-refractivity contribution in [3.05, 3.63) is 60.2 Å². The number of carbonyl (C=O) groups is 1. The third-order valence-electron chi connectivity index (χ3n) is 4.08. The number of hydrogen-bond donors (Lipinski definition) is 1. The summed E-state index contributed by atoms with van der Waals surface area (Å²) in [5.74, 6) is 0.730. The monoisotopic (exact) mass is 365 g/mol. The highest BCUT2D eigenvalue weighted by atomic mass is 16.5. The summed E-state index contributed by atoms with van der Waals surface area (Å²) in [6, 6.07) is 17.1. The van der Waals surface area contributed by atoms with Crippen molar-refractivity contribution in [1.29, 1.82) is 0 Å². The molecule has 0 radical (unpaired) electrons. The molecule has 0 spiro atoms. The summed E-state index contributed by atoms with van der Waals surface area (Å²) in [6.45, 7) is 8.11. The third kappa shape index (κ3) is 4.73. The van der Waals surface area contributed by atoms with E-state index in [1.807, 2.05) is 54.6 Å². The van der Waals surface area contributed by atoms with Crippen LogP contribution in [0.25, 0.3) is 11.5 Å². The standard InChI is InChI=1S/C21H23N3O3/c1-14(26-17-12-10-16(11-13-17)21(2,3)4)18(25)22-20-23-19(27-24-20)15-8-6-5-7-9-15/h5-14H,1-4H3,(H,22,24,25). The van der Waals surface area contributed by atoms with Gasteiger partial charge in [-0.25, -0.2) is 0 Å². The maximum absolute atomic E-state index is 12.3. The summed E-state index contributed by atoms with van der Waals surface area (Å²) < 4.78 is 10.9. The fourth-order valence-electron chi connectivity index (χ4n) is 2.48. The van der Waals surface area contributed by atoms with Gasteiger partial charge in [0.05, 0.1) is 0 Å². The van der Waals surface area contributed by atoms with E-state index < -0.39 is 6.10 Å². The lowest BCUT2D eigenvalue weighted by Gasteiger charge is -2.20. The number of benzene rings is 2. The Labute approximate surface area is 158 Å². The Balaban J connectivity index is 1.60. The molecule has 0 saturated carbocycles. The molecule has 2 aromatic carbocycles. The summed E-state index contributed by atoms with van der Waals surface area (Å²) in [5.41, 5.74) is 2.05. The highest BCUT2D eigenvalue weighted by molar-refractivity contribution is 5.92. The van der Waals surface area contributed by atoms with Gasteiger partial charge in [-0.05, 0) is 47.3 Å². The first-order chi connectivity index (χ1) is 12.8. The van der Waals surface area contributed by atoms with Gasteiger partial charge in [-0.3, -0.25) is 10.1 Å². The topological polar surface area (TPSA) is 77.2 Å². The molecule has 0 aliphatic heterocycles. The van der Waals surface area contributed by atoms with Crippen LogP contribution in [-0.2, 0) is 10.2 Å². The fraction of sp³-hybridized carbons (Fsp3) is 0.286. The highest BCUT2D eigenvalue weighted by Gasteiger charge is 2.19. The van der Waals surface area contributed by atoms with Gasteiger partial charge in [0, 0.05) is 5.56 Å². The number of nitrogens with one attached hydrogen (secondary N) is 1. The number of ether oxygens (including phenoxy) is 1. The van der Waals surface area contributed by atoms with Crippen molar-refractivity contribution in [1.82, 2.24) is 10.1 Å². The quantitative estimate of drug-likeness (QED) is 0.723. The maximum atomic E-state index is 12.3. The van der Waals surface area contributed by atoms with Crippen molar-refractivity contribution in [3.8, 4) is 17.2 Å². The number of nitrogens with zero attached hydrogens (tertiary/aromatic N) is 2. The van der Waals surface area contributed by atoms with E-state index in [9.17, 15) is 4.79 Å². The minimum atomic E-state index is -0.704. The van der Waals surface area contributed by atoms with Gasteiger partial charge in [-0.2, -0.15) is 4.98 Å². The average molecular weight is 365 g/mol. The molecule has 6 nitrogen and oxygen atoms in total. The van der Waals surface area contributed by atoms with E-state index in [2.05, 4.69) is 36.2 Å². The molecule has 1 atom stereocenters. The predicted octanol–water partition coefficient (Wildman–Crippen LogP) is 4.44. The first kappa shape index (κ1) is 18.6. The largest absolute Gasteiger partial charge is 0.481 e. The van der Waals surface area contributed by atoms with Crippen molar-refractivity contribution < 1.29 is 14.1 Å². The SMILES string of the molecule is CC(Oc1ccc(C(C)(C)C)cc1)C(=O)Nc1noc(-c2ccccc2)n1. The van der Waals surface area contributed by atoms with Crippen LogP contribution in [0.3, 0.4) is 0 Å². The van der Waals surface area contributed by atoms with Gasteiger partial charge >= 0.3 is 0 Å². The normalized spacial score (nSPS) is 12.4. The summed E-state index contributed by atoms with van der Waals surface area (Å²) >= 11 is 0. The molecule has 0 fully saturated rings. The average Bonchev–Trinajstić information content (AvgIpc) is 3.10. The van der Waals surface area contributed by atoms with Crippen molar-refractivity contribution in [2.75, 3.05) is 5.32 Å². The van der Waals surface area contributed by atoms with Gasteiger partial charge in [-0.15, -0.1) is 0 Å². The predicted molar refractivity (Wildman–Crippen MR) is 104 cm³/mol. The van der Waals surface area contributed by atoms with Crippen LogP contribution >= 0.6 is 0 Å². The lowest BCUT2D eigenvalue weighted by Crippen LogP contribution is -2.30. The number of rotatable bonds is 5. The molecular formula is C21H23N3O3. The van der Waals surface area contributed by atoms with E-state index in [1.54, 1.807) is 6.92 Å². The van der Waals surface area contributed by atoms with Crippen molar-refractivity contribution in [3.63, 3.8) is 0 Å². The summed E-state index contributed by atoms with van der Waals surface area (Å²) in [6.07, 6.45) is -0.704. The van der Waals surface area contributed by atoms with Crippen LogP contribution in [0.5, 0.6) is 5.75 Å². The Morgan fingerprint density at radius 2 is 1.74 bits per heavy atom. The van der Waals surface area contributed by atoms with Gasteiger partial charge in [0.2, 0.25) is 0 Å². The minimum absolute atomic E-state index is 0.0661. The molecule has 3 rings (SSSR count). The second-order valence-electron chi connectivity index (χ2n) is 7.31. The molecule has 1 heterocycles. The Kier molecular flexibility index (Phi) is 5.26. The first-order valence-electron chi connectivity index (χ1n) is 8.80. The van der Waals surface area contributed by atoms with E-state index in [4.69, 9.17) is 9.26 Å². The molecule has 0 saturated heterocycles. The Bertz CT molecular complexity index is 896. The molecule has 6 heteroatoms. The van der Waals surface area contributed by atoms with Crippen LogP contribution in [0.15, 0.2) is 59.1 Å². The second-order valence-corrected chi connectivity index (χ2v) is 7.31. The molecule has 27 heavy (non-hydrogen) atoms. The zero-order valence-electron chi connectivity index (χ0n) is 15.9. The number of hydrogen-bond acceptors (Lipinski definition) is 5. The summed E-state index contributed by atoms with van der Waals surface area (Å²) in [5, 5.41) is 6.39. The minimum Gasteiger partial charge on any atom is -0.481 e.